The van der Waals surface area contributed by atoms with Crippen LogP contribution in [0.2, 0.25) is 0 Å². The number of benzene rings is 1. The van der Waals surface area contributed by atoms with E-state index in [9.17, 15) is 4.79 Å². The summed E-state index contributed by atoms with van der Waals surface area (Å²) >= 11 is 0. The van der Waals surface area contributed by atoms with Crippen molar-refractivity contribution < 1.29 is 14.4 Å². The fraction of sp³-hybridized carbons (Fsp3) is 0.529. The smallest absolute Gasteiger partial charge is 0.139 e. The van der Waals surface area contributed by atoms with E-state index in [2.05, 4.69) is 5.16 Å². The van der Waals surface area contributed by atoms with Crippen molar-refractivity contribution in [2.45, 2.75) is 25.9 Å². The monoisotopic (exact) mass is 285 g/mol. The number of methoxy groups -OCH3 is 1. The number of nitrogens with zero attached hydrogens (tertiary/aromatic N) is 1. The number of carbonyl (C=O) groups excluding carboxylic acids is 1. The lowest BCUT2D eigenvalue weighted by Gasteiger charge is -2.28. The Morgan fingerprint density at radius 1 is 1.29 bits per heavy atom. The normalized spacial score (nSPS) is 36.1. The van der Waals surface area contributed by atoms with Gasteiger partial charge >= 0.3 is 0 Å². The second kappa shape index (κ2) is 4.58. The molecule has 2 fully saturated rings. The van der Waals surface area contributed by atoms with Crippen molar-refractivity contribution in [1.82, 2.24) is 0 Å². The van der Waals surface area contributed by atoms with Crippen molar-refractivity contribution in [3.05, 3.63) is 29.8 Å². The number of rotatable bonds is 3. The van der Waals surface area contributed by atoms with Crippen molar-refractivity contribution in [3.8, 4) is 5.75 Å². The molecule has 4 heteroatoms. The van der Waals surface area contributed by atoms with Crippen LogP contribution in [0.1, 0.15) is 25.3 Å². The molecule has 110 valence electrons. The van der Waals surface area contributed by atoms with Gasteiger partial charge in [0.25, 0.3) is 0 Å². The Hall–Kier alpha value is -1.84. The molecule has 5 atom stereocenters. The summed E-state index contributed by atoms with van der Waals surface area (Å²) in [5.74, 6) is 2.59. The van der Waals surface area contributed by atoms with Crippen LogP contribution in [0.4, 0.5) is 0 Å². The van der Waals surface area contributed by atoms with Crippen LogP contribution in [-0.2, 0) is 9.63 Å². The highest BCUT2D eigenvalue weighted by atomic mass is 16.6. The minimum absolute atomic E-state index is 0.106. The first-order chi connectivity index (χ1) is 10.2. The number of Topliss-reactive ketones (excluding diaryl/α,β-unsaturated/α-hetero) is 1. The third-order valence-electron chi connectivity index (χ3n) is 5.43. The first-order valence-electron chi connectivity index (χ1n) is 7.57. The van der Waals surface area contributed by atoms with Crippen molar-refractivity contribution in [3.63, 3.8) is 0 Å². The zero-order chi connectivity index (χ0) is 14.6. The molecule has 21 heavy (non-hydrogen) atoms. The maximum atomic E-state index is 11.7. The van der Waals surface area contributed by atoms with E-state index >= 15 is 0 Å². The molecule has 1 aromatic carbocycles. The van der Waals surface area contributed by atoms with E-state index in [4.69, 9.17) is 9.57 Å². The quantitative estimate of drug-likeness (QED) is 0.858. The summed E-state index contributed by atoms with van der Waals surface area (Å²) < 4.78 is 5.20. The maximum Gasteiger partial charge on any atom is 0.139 e. The van der Waals surface area contributed by atoms with Crippen LogP contribution in [0.25, 0.3) is 0 Å². The molecule has 4 rings (SSSR count). The van der Waals surface area contributed by atoms with Crippen LogP contribution >= 0.6 is 0 Å². The van der Waals surface area contributed by atoms with Crippen molar-refractivity contribution >= 4 is 11.5 Å². The van der Waals surface area contributed by atoms with E-state index in [0.717, 1.165) is 29.9 Å². The average molecular weight is 285 g/mol. The van der Waals surface area contributed by atoms with E-state index in [1.807, 2.05) is 24.3 Å². The highest BCUT2D eigenvalue weighted by Crippen LogP contribution is 2.56. The minimum Gasteiger partial charge on any atom is -0.497 e. The minimum atomic E-state index is 0.106. The number of hydrogen-bond donors (Lipinski definition) is 0. The van der Waals surface area contributed by atoms with E-state index in [0.29, 0.717) is 23.5 Å². The molecule has 0 spiro atoms. The molecule has 2 saturated carbocycles. The fourth-order valence-corrected chi connectivity index (χ4v) is 4.48. The van der Waals surface area contributed by atoms with Crippen LogP contribution in [0.15, 0.2) is 29.4 Å². The predicted octanol–water partition coefficient (Wildman–Crippen LogP) is 2.66. The molecule has 0 unspecified atom stereocenters. The summed E-state index contributed by atoms with van der Waals surface area (Å²) in [5, 5.41) is 4.35. The molecule has 0 saturated heterocycles. The molecular formula is C17H19NO3. The largest absolute Gasteiger partial charge is 0.497 e. The summed E-state index contributed by atoms with van der Waals surface area (Å²) in [6.07, 6.45) is 2.21. The topological polar surface area (TPSA) is 47.9 Å². The van der Waals surface area contributed by atoms with E-state index in [-0.39, 0.29) is 12.0 Å². The molecule has 1 aromatic rings. The number of fused-ring (bicyclic) bond motifs is 5. The third-order valence-corrected chi connectivity index (χ3v) is 5.43. The summed E-state index contributed by atoms with van der Waals surface area (Å²) in [6, 6.07) is 7.99. The van der Waals surface area contributed by atoms with Gasteiger partial charge in [0.05, 0.1) is 12.8 Å². The Balaban J connectivity index is 1.59. The van der Waals surface area contributed by atoms with Gasteiger partial charge in [0.15, 0.2) is 0 Å². The van der Waals surface area contributed by atoms with Gasteiger partial charge in [-0.25, -0.2) is 0 Å². The lowest BCUT2D eigenvalue weighted by molar-refractivity contribution is -0.124. The van der Waals surface area contributed by atoms with E-state index in [1.165, 1.54) is 0 Å². The molecule has 2 aliphatic carbocycles. The van der Waals surface area contributed by atoms with Gasteiger partial charge in [-0.05, 0) is 49.9 Å². The second-order valence-electron chi connectivity index (χ2n) is 6.41. The van der Waals surface area contributed by atoms with E-state index in [1.54, 1.807) is 14.0 Å². The zero-order valence-electron chi connectivity index (χ0n) is 12.3. The standard InChI is InChI=1S/C17H19NO3/c1-9(19)13-7-11-8-14(13)17-15(11)16(18-21-17)10-3-5-12(20-2)6-4-10/h3-6,11,13-15,17H,7-8H2,1-2H3/t11-,13-,14+,15+,17-/m1/s1. The molecule has 3 aliphatic rings. The van der Waals surface area contributed by atoms with Crippen LogP contribution in [-0.4, -0.2) is 24.7 Å². The van der Waals surface area contributed by atoms with Gasteiger partial charge in [0.2, 0.25) is 0 Å². The molecule has 0 aromatic heterocycles. The van der Waals surface area contributed by atoms with Crippen LogP contribution in [0.5, 0.6) is 5.75 Å². The Kier molecular flexibility index (Phi) is 2.81. The lowest BCUT2D eigenvalue weighted by atomic mass is 9.75. The Labute approximate surface area is 124 Å². The third kappa shape index (κ3) is 1.81. The van der Waals surface area contributed by atoms with Gasteiger partial charge in [0.1, 0.15) is 17.6 Å². The molecule has 2 bridgehead atoms. The van der Waals surface area contributed by atoms with Crippen molar-refractivity contribution in [2.75, 3.05) is 7.11 Å². The number of hydrogen-bond acceptors (Lipinski definition) is 4. The maximum absolute atomic E-state index is 11.7. The zero-order valence-corrected chi connectivity index (χ0v) is 12.3. The van der Waals surface area contributed by atoms with Crippen LogP contribution in [0, 0.1) is 23.7 Å². The highest BCUT2D eigenvalue weighted by Gasteiger charge is 2.59. The number of oxime groups is 1. The first kappa shape index (κ1) is 12.9. The second-order valence-corrected chi connectivity index (χ2v) is 6.41. The Morgan fingerprint density at radius 3 is 2.71 bits per heavy atom. The van der Waals surface area contributed by atoms with E-state index < -0.39 is 0 Å². The summed E-state index contributed by atoms with van der Waals surface area (Å²) in [4.78, 5) is 17.5. The van der Waals surface area contributed by atoms with Crippen LogP contribution in [0.3, 0.4) is 0 Å². The lowest BCUT2D eigenvalue weighted by Crippen LogP contribution is -2.36. The first-order valence-corrected chi connectivity index (χ1v) is 7.57. The van der Waals surface area contributed by atoms with Gasteiger partial charge in [-0.2, -0.15) is 0 Å². The van der Waals surface area contributed by atoms with Gasteiger partial charge in [-0.15, -0.1) is 0 Å². The SMILES string of the molecule is COc1ccc(C2=NO[C@@H]3[C@H]4C[C@@H](C[C@@H]4C(C)=O)[C@@H]23)cc1. The molecular weight excluding hydrogens is 266 g/mol. The van der Waals surface area contributed by atoms with Gasteiger partial charge < -0.3 is 9.57 Å². The Morgan fingerprint density at radius 2 is 2.05 bits per heavy atom. The summed E-state index contributed by atoms with van der Waals surface area (Å²) in [6.45, 7) is 1.71. The van der Waals surface area contributed by atoms with Crippen molar-refractivity contribution in [2.24, 2.45) is 28.8 Å². The van der Waals surface area contributed by atoms with Gasteiger partial charge in [-0.1, -0.05) is 5.16 Å². The molecule has 1 aliphatic heterocycles. The molecule has 0 amide bonds. The molecule has 4 nitrogen and oxygen atoms in total. The van der Waals surface area contributed by atoms with Gasteiger partial charge in [-0.3, -0.25) is 4.79 Å². The predicted molar refractivity (Wildman–Crippen MR) is 78.3 cm³/mol. The Bertz CT molecular complexity index is 607. The number of carbonyl (C=O) groups is 1. The van der Waals surface area contributed by atoms with Gasteiger partial charge in [0, 0.05) is 23.3 Å². The fourth-order valence-electron chi connectivity index (χ4n) is 4.48. The highest BCUT2D eigenvalue weighted by molar-refractivity contribution is 6.03. The van der Waals surface area contributed by atoms with Crippen molar-refractivity contribution in [1.29, 1.82) is 0 Å². The number of ether oxygens (including phenoxy) is 1. The number of ketones is 1. The summed E-state index contributed by atoms with van der Waals surface area (Å²) in [7, 11) is 1.67. The molecule has 1 heterocycles. The summed E-state index contributed by atoms with van der Waals surface area (Å²) in [5.41, 5.74) is 2.16. The molecule has 0 radical (unpaired) electrons. The molecule has 0 N–H and O–H groups in total. The average Bonchev–Trinajstić information content (AvgIpc) is 3.18. The van der Waals surface area contributed by atoms with Crippen LogP contribution < -0.4 is 4.74 Å².